The summed E-state index contributed by atoms with van der Waals surface area (Å²) >= 11 is 12.0. The number of carbonyl (C=O) groups is 2. The van der Waals surface area contributed by atoms with E-state index < -0.39 is 0 Å². The lowest BCUT2D eigenvalue weighted by molar-refractivity contribution is -0.143. The molecule has 0 unspecified atom stereocenters. The Hall–Kier alpha value is -3.29. The summed E-state index contributed by atoms with van der Waals surface area (Å²) in [6.45, 7) is 4.47. The summed E-state index contributed by atoms with van der Waals surface area (Å²) in [6, 6.07) is 15.5. The van der Waals surface area contributed by atoms with Gasteiger partial charge in [-0.05, 0) is 62.2 Å². The smallest absolute Gasteiger partial charge is 0.326 e. The van der Waals surface area contributed by atoms with Gasteiger partial charge in [-0.3, -0.25) is 9.69 Å². The van der Waals surface area contributed by atoms with Crippen molar-refractivity contribution in [2.24, 2.45) is 0 Å². The first-order valence-corrected chi connectivity index (χ1v) is 11.6. The highest BCUT2D eigenvalue weighted by Crippen LogP contribution is 2.28. The Morgan fingerprint density at radius 1 is 1.00 bits per heavy atom. The second kappa shape index (κ2) is 12.3. The Balaban J connectivity index is 1.56. The molecule has 9 heteroatoms. The number of benzene rings is 2. The number of halogens is 2. The highest BCUT2D eigenvalue weighted by molar-refractivity contribution is 6.42. The predicted molar refractivity (Wildman–Crippen MR) is 134 cm³/mol. The molecule has 0 aliphatic heterocycles. The minimum Gasteiger partial charge on any atom is -0.466 e. The number of carbonyl (C=O) groups excluding carboxylic acids is 2. The van der Waals surface area contributed by atoms with Gasteiger partial charge in [0.25, 0.3) is 0 Å². The Morgan fingerprint density at radius 2 is 1.76 bits per heavy atom. The average Bonchev–Trinajstić information content (AvgIpc) is 2.83. The molecule has 3 aromatic rings. The predicted octanol–water partition coefficient (Wildman–Crippen LogP) is 6.73. The van der Waals surface area contributed by atoms with Crippen molar-refractivity contribution in [1.29, 1.82) is 0 Å². The van der Waals surface area contributed by atoms with E-state index in [-0.39, 0.29) is 12.0 Å². The van der Waals surface area contributed by atoms with E-state index in [1.54, 1.807) is 37.3 Å². The second-order valence-corrected chi connectivity index (χ2v) is 8.02. The van der Waals surface area contributed by atoms with Crippen molar-refractivity contribution in [3.8, 4) is 11.6 Å². The van der Waals surface area contributed by atoms with Gasteiger partial charge in [0.2, 0.25) is 5.88 Å². The molecule has 2 aromatic carbocycles. The molecule has 34 heavy (non-hydrogen) atoms. The Morgan fingerprint density at radius 3 is 2.38 bits per heavy atom. The van der Waals surface area contributed by atoms with E-state index in [0.29, 0.717) is 59.0 Å². The lowest BCUT2D eigenvalue weighted by Gasteiger charge is -2.22. The van der Waals surface area contributed by atoms with Gasteiger partial charge < -0.3 is 14.8 Å². The number of urea groups is 1. The van der Waals surface area contributed by atoms with E-state index in [1.807, 2.05) is 31.2 Å². The zero-order chi connectivity index (χ0) is 24.5. The third-order valence-electron chi connectivity index (χ3n) is 4.83. The van der Waals surface area contributed by atoms with Crippen LogP contribution < -0.4 is 15.0 Å². The minimum atomic E-state index is -0.324. The zero-order valence-corrected chi connectivity index (χ0v) is 20.4. The van der Waals surface area contributed by atoms with E-state index in [0.717, 1.165) is 5.56 Å². The van der Waals surface area contributed by atoms with Crippen molar-refractivity contribution >= 4 is 46.6 Å². The Kier molecular flexibility index (Phi) is 9.13. The van der Waals surface area contributed by atoms with Crippen molar-refractivity contribution in [3.05, 3.63) is 76.4 Å². The number of nitrogens with zero attached hydrogens (tertiary/aromatic N) is 2. The van der Waals surface area contributed by atoms with Crippen LogP contribution in [-0.4, -0.2) is 30.1 Å². The van der Waals surface area contributed by atoms with Crippen molar-refractivity contribution in [2.45, 2.75) is 26.7 Å². The summed E-state index contributed by atoms with van der Waals surface area (Å²) in [5, 5.41) is 3.61. The highest BCUT2D eigenvalue weighted by Gasteiger charge is 2.15. The van der Waals surface area contributed by atoms with E-state index in [9.17, 15) is 9.59 Å². The van der Waals surface area contributed by atoms with E-state index in [2.05, 4.69) is 10.3 Å². The van der Waals surface area contributed by atoms with Crippen LogP contribution in [0.3, 0.4) is 0 Å². The quantitative estimate of drug-likeness (QED) is 0.328. The number of nitrogens with one attached hydrogen (secondary N) is 1. The molecular weight excluding hydrogens is 477 g/mol. The van der Waals surface area contributed by atoms with Crippen LogP contribution in [0.1, 0.15) is 25.8 Å². The number of anilines is 2. The fourth-order valence-electron chi connectivity index (χ4n) is 3.13. The zero-order valence-electron chi connectivity index (χ0n) is 18.9. The summed E-state index contributed by atoms with van der Waals surface area (Å²) in [5.41, 5.74) is 2.16. The monoisotopic (exact) mass is 501 g/mol. The van der Waals surface area contributed by atoms with Crippen LogP contribution in [0.2, 0.25) is 10.0 Å². The van der Waals surface area contributed by atoms with Crippen molar-refractivity contribution in [1.82, 2.24) is 4.98 Å². The number of rotatable bonds is 9. The first-order valence-electron chi connectivity index (χ1n) is 10.8. The van der Waals surface area contributed by atoms with Crippen LogP contribution in [0.4, 0.5) is 16.2 Å². The molecule has 0 bridgehead atoms. The Labute approximate surface area is 208 Å². The van der Waals surface area contributed by atoms with E-state index >= 15 is 0 Å². The molecule has 178 valence electrons. The molecule has 0 spiro atoms. The highest BCUT2D eigenvalue weighted by atomic mass is 35.5. The third kappa shape index (κ3) is 7.10. The largest absolute Gasteiger partial charge is 0.466 e. The van der Waals surface area contributed by atoms with Gasteiger partial charge in [-0.25, -0.2) is 9.78 Å². The number of pyridine rings is 1. The summed E-state index contributed by atoms with van der Waals surface area (Å²) in [7, 11) is 0. The fraction of sp³-hybridized carbons (Fsp3) is 0.240. The molecule has 0 aliphatic rings. The van der Waals surface area contributed by atoms with Crippen molar-refractivity contribution in [3.63, 3.8) is 0 Å². The first kappa shape index (κ1) is 25.3. The Bertz CT molecular complexity index is 1120. The molecule has 0 fully saturated rings. The molecule has 0 aliphatic carbocycles. The maximum Gasteiger partial charge on any atom is 0.326 e. The standard InChI is InChI=1S/C25H25Cl2N3O4/c1-3-30(19-9-12-21(26)22(27)15-19)25(32)29-18-8-13-23(28-16-18)34-20-10-5-17(6-11-20)7-14-24(31)33-4-2/h5-6,8-13,15-16H,3-4,7,14H2,1-2H3,(H,29,32). The lowest BCUT2D eigenvalue weighted by Crippen LogP contribution is -2.34. The number of hydrogen-bond donors (Lipinski definition) is 1. The van der Waals surface area contributed by atoms with Crippen LogP contribution in [0.25, 0.3) is 0 Å². The van der Waals surface area contributed by atoms with Gasteiger partial charge in [0.15, 0.2) is 0 Å². The van der Waals surface area contributed by atoms with Gasteiger partial charge in [-0.1, -0.05) is 35.3 Å². The van der Waals surface area contributed by atoms with Gasteiger partial charge in [0.05, 0.1) is 28.5 Å². The van der Waals surface area contributed by atoms with Crippen LogP contribution in [-0.2, 0) is 16.0 Å². The summed E-state index contributed by atoms with van der Waals surface area (Å²) < 4.78 is 10.7. The summed E-state index contributed by atoms with van der Waals surface area (Å²) in [4.78, 5) is 30.0. The molecule has 0 radical (unpaired) electrons. The topological polar surface area (TPSA) is 80.8 Å². The molecule has 1 heterocycles. The third-order valence-corrected chi connectivity index (χ3v) is 5.57. The van der Waals surface area contributed by atoms with Crippen LogP contribution in [0.5, 0.6) is 11.6 Å². The normalized spacial score (nSPS) is 10.5. The first-order chi connectivity index (χ1) is 16.4. The van der Waals surface area contributed by atoms with E-state index in [4.69, 9.17) is 32.7 Å². The molecular formula is C25H25Cl2N3O4. The molecule has 1 aromatic heterocycles. The number of aromatic nitrogens is 1. The molecule has 0 saturated carbocycles. The molecule has 3 rings (SSSR count). The number of esters is 1. The van der Waals surface area contributed by atoms with Crippen LogP contribution in [0.15, 0.2) is 60.8 Å². The second-order valence-electron chi connectivity index (χ2n) is 7.21. The number of amides is 2. The summed E-state index contributed by atoms with van der Waals surface area (Å²) in [5.74, 6) is 0.785. The molecule has 0 saturated heterocycles. The minimum absolute atomic E-state index is 0.210. The van der Waals surface area contributed by atoms with E-state index in [1.165, 1.54) is 11.1 Å². The van der Waals surface area contributed by atoms with Crippen LogP contribution >= 0.6 is 23.2 Å². The maximum absolute atomic E-state index is 12.7. The SMILES string of the molecule is CCOC(=O)CCc1ccc(Oc2ccc(NC(=O)N(CC)c3ccc(Cl)c(Cl)c3)cn2)cc1. The number of aryl methyl sites for hydroxylation is 1. The van der Waals surface area contributed by atoms with Gasteiger partial charge >= 0.3 is 12.0 Å². The molecule has 0 atom stereocenters. The number of hydrogen-bond acceptors (Lipinski definition) is 5. The maximum atomic E-state index is 12.7. The fourth-order valence-corrected chi connectivity index (χ4v) is 3.42. The lowest BCUT2D eigenvalue weighted by atomic mass is 10.1. The van der Waals surface area contributed by atoms with Gasteiger partial charge in [-0.2, -0.15) is 0 Å². The molecule has 7 nitrogen and oxygen atoms in total. The summed E-state index contributed by atoms with van der Waals surface area (Å²) in [6.07, 6.45) is 2.45. The number of ether oxygens (including phenoxy) is 2. The van der Waals surface area contributed by atoms with Gasteiger partial charge in [0.1, 0.15) is 5.75 Å². The van der Waals surface area contributed by atoms with Crippen molar-refractivity contribution < 1.29 is 19.1 Å². The average molecular weight is 502 g/mol. The molecule has 1 N–H and O–H groups in total. The van der Waals surface area contributed by atoms with Crippen LogP contribution in [0, 0.1) is 0 Å². The van der Waals surface area contributed by atoms with Gasteiger partial charge in [-0.15, -0.1) is 0 Å². The van der Waals surface area contributed by atoms with Gasteiger partial charge in [0, 0.05) is 24.7 Å². The van der Waals surface area contributed by atoms with Crippen molar-refractivity contribution in [2.75, 3.05) is 23.4 Å². The molecule has 2 amide bonds.